The van der Waals surface area contributed by atoms with Gasteiger partial charge in [-0.1, -0.05) is 146 Å². The quantitative estimate of drug-likeness (QED) is 0.234. The minimum atomic E-state index is -0.469. The number of fused-ring (bicyclic) bond motifs is 1. The fourth-order valence-corrected chi connectivity index (χ4v) is 6.03. The molecule has 0 atom stereocenters. The second-order valence-electron chi connectivity index (χ2n) is 9.79. The fraction of sp³-hybridized carbons (Fsp3) is 0.0526. The molecule has 6 rings (SSSR count). The van der Waals surface area contributed by atoms with E-state index in [1.807, 2.05) is 6.07 Å². The van der Waals surface area contributed by atoms with Gasteiger partial charge in [-0.15, -0.1) is 0 Å². The Morgan fingerprint density at radius 3 is 1.69 bits per heavy atom. The third-order valence-electron chi connectivity index (χ3n) is 7.72. The molecule has 1 N–H and O–H groups in total. The van der Waals surface area contributed by atoms with Gasteiger partial charge in [-0.05, 0) is 58.0 Å². The molecule has 0 spiro atoms. The minimum absolute atomic E-state index is 0.469. The lowest BCUT2D eigenvalue weighted by Gasteiger charge is -2.34. The Labute approximate surface area is 231 Å². The Hall–Kier alpha value is -4.88. The normalized spacial score (nSPS) is 14.1. The monoisotopic (exact) mass is 501 g/mol. The van der Waals surface area contributed by atoms with Crippen LogP contribution < -0.4 is 5.32 Å². The number of nitrogens with one attached hydrogen (secondary N) is 1. The van der Waals surface area contributed by atoms with Crippen molar-refractivity contribution in [2.45, 2.75) is 12.3 Å². The predicted octanol–water partition coefficient (Wildman–Crippen LogP) is 9.66. The van der Waals surface area contributed by atoms with Crippen molar-refractivity contribution in [3.63, 3.8) is 0 Å². The maximum Gasteiger partial charge on any atom is 0.0714 e. The maximum atomic E-state index is 4.38. The van der Waals surface area contributed by atoms with Gasteiger partial charge in [0, 0.05) is 17.0 Å². The van der Waals surface area contributed by atoms with E-state index in [9.17, 15) is 0 Å². The van der Waals surface area contributed by atoms with Gasteiger partial charge in [0.1, 0.15) is 0 Å². The lowest BCUT2D eigenvalue weighted by atomic mass is 9.67. The Morgan fingerprint density at radius 2 is 1.13 bits per heavy atom. The number of anilines is 1. The SMILES string of the molecule is C=CC1=C(/C(=C\C)Nc2ccc(-c3ccccc3)cc2)c2ccccc2C1(c1ccccc1)c1ccccc1. The summed E-state index contributed by atoms with van der Waals surface area (Å²) >= 11 is 0. The summed E-state index contributed by atoms with van der Waals surface area (Å²) < 4.78 is 0. The number of rotatable bonds is 7. The minimum Gasteiger partial charge on any atom is -0.355 e. The molecular formula is C38H31N. The van der Waals surface area contributed by atoms with E-state index in [2.05, 4.69) is 164 Å². The molecule has 0 bridgehead atoms. The van der Waals surface area contributed by atoms with Crippen molar-refractivity contribution in [1.82, 2.24) is 0 Å². The summed E-state index contributed by atoms with van der Waals surface area (Å²) in [6.07, 6.45) is 4.23. The van der Waals surface area contributed by atoms with E-state index in [1.54, 1.807) is 0 Å². The zero-order chi connectivity index (χ0) is 26.7. The van der Waals surface area contributed by atoms with Crippen LogP contribution in [0.1, 0.15) is 29.2 Å². The van der Waals surface area contributed by atoms with Gasteiger partial charge in [0.25, 0.3) is 0 Å². The van der Waals surface area contributed by atoms with Crippen LogP contribution in [-0.4, -0.2) is 0 Å². The number of benzene rings is 5. The van der Waals surface area contributed by atoms with Crippen LogP contribution in [0, 0.1) is 0 Å². The fourth-order valence-electron chi connectivity index (χ4n) is 6.03. The number of hydrogen-bond acceptors (Lipinski definition) is 1. The molecule has 0 amide bonds. The second kappa shape index (κ2) is 10.5. The summed E-state index contributed by atoms with van der Waals surface area (Å²) in [5.74, 6) is 0. The topological polar surface area (TPSA) is 12.0 Å². The van der Waals surface area contributed by atoms with E-state index < -0.39 is 5.41 Å². The van der Waals surface area contributed by atoms with Gasteiger partial charge in [-0.25, -0.2) is 0 Å². The molecule has 1 aliphatic rings. The van der Waals surface area contributed by atoms with Gasteiger partial charge in [0.05, 0.1) is 5.41 Å². The van der Waals surface area contributed by atoms with Gasteiger partial charge in [0.15, 0.2) is 0 Å². The molecule has 0 heterocycles. The summed E-state index contributed by atoms with van der Waals surface area (Å²) in [4.78, 5) is 0. The summed E-state index contributed by atoms with van der Waals surface area (Å²) in [5.41, 5.74) is 11.4. The summed E-state index contributed by atoms with van der Waals surface area (Å²) in [5, 5.41) is 3.75. The number of hydrogen-bond donors (Lipinski definition) is 1. The van der Waals surface area contributed by atoms with Crippen molar-refractivity contribution < 1.29 is 0 Å². The zero-order valence-electron chi connectivity index (χ0n) is 22.1. The first kappa shape index (κ1) is 24.5. The highest BCUT2D eigenvalue weighted by molar-refractivity contribution is 5.96. The van der Waals surface area contributed by atoms with Crippen molar-refractivity contribution in [2.75, 3.05) is 5.32 Å². The molecule has 5 aromatic carbocycles. The van der Waals surface area contributed by atoms with Crippen LogP contribution in [0.5, 0.6) is 0 Å². The second-order valence-corrected chi connectivity index (χ2v) is 9.79. The Kier molecular flexibility index (Phi) is 6.57. The molecule has 0 aromatic heterocycles. The first-order chi connectivity index (χ1) is 19.3. The average Bonchev–Trinajstić information content (AvgIpc) is 3.32. The highest BCUT2D eigenvalue weighted by Gasteiger charge is 2.47. The smallest absolute Gasteiger partial charge is 0.0714 e. The summed E-state index contributed by atoms with van der Waals surface area (Å²) in [7, 11) is 0. The number of allylic oxidation sites excluding steroid dienone is 4. The average molecular weight is 502 g/mol. The van der Waals surface area contributed by atoms with E-state index in [0.717, 1.165) is 11.4 Å². The van der Waals surface area contributed by atoms with Crippen molar-refractivity contribution in [1.29, 1.82) is 0 Å². The van der Waals surface area contributed by atoms with Gasteiger partial charge >= 0.3 is 0 Å². The molecule has 0 radical (unpaired) electrons. The highest BCUT2D eigenvalue weighted by atomic mass is 14.9. The third kappa shape index (κ3) is 4.13. The molecule has 0 fully saturated rings. The molecule has 188 valence electrons. The molecule has 1 aliphatic carbocycles. The van der Waals surface area contributed by atoms with Crippen LogP contribution in [-0.2, 0) is 5.41 Å². The van der Waals surface area contributed by atoms with E-state index in [-0.39, 0.29) is 0 Å². The molecule has 0 aliphatic heterocycles. The predicted molar refractivity (Wildman–Crippen MR) is 166 cm³/mol. The van der Waals surface area contributed by atoms with Crippen LogP contribution >= 0.6 is 0 Å². The molecule has 0 unspecified atom stereocenters. The van der Waals surface area contributed by atoms with Crippen molar-refractivity contribution in [3.8, 4) is 11.1 Å². The molecule has 1 heteroatoms. The Balaban J connectivity index is 1.52. The maximum absolute atomic E-state index is 4.38. The van der Waals surface area contributed by atoms with Gasteiger partial charge in [-0.2, -0.15) is 0 Å². The van der Waals surface area contributed by atoms with Crippen molar-refractivity contribution in [3.05, 3.63) is 192 Å². The third-order valence-corrected chi connectivity index (χ3v) is 7.72. The molecule has 5 aromatic rings. The molecule has 0 saturated heterocycles. The molecule has 0 saturated carbocycles. The lowest BCUT2D eigenvalue weighted by molar-refractivity contribution is 0.761. The van der Waals surface area contributed by atoms with Crippen LogP contribution in [0.3, 0.4) is 0 Å². The zero-order valence-corrected chi connectivity index (χ0v) is 22.1. The first-order valence-corrected chi connectivity index (χ1v) is 13.4. The van der Waals surface area contributed by atoms with Crippen molar-refractivity contribution in [2.24, 2.45) is 0 Å². The van der Waals surface area contributed by atoms with Crippen LogP contribution in [0.4, 0.5) is 5.69 Å². The van der Waals surface area contributed by atoms with Crippen LogP contribution in [0.25, 0.3) is 16.7 Å². The lowest BCUT2D eigenvalue weighted by Crippen LogP contribution is -2.29. The van der Waals surface area contributed by atoms with Crippen LogP contribution in [0.15, 0.2) is 170 Å². The Morgan fingerprint density at radius 1 is 0.615 bits per heavy atom. The Bertz CT molecular complexity index is 1620. The van der Waals surface area contributed by atoms with Gasteiger partial charge in [-0.3, -0.25) is 0 Å². The van der Waals surface area contributed by atoms with Crippen LogP contribution in [0.2, 0.25) is 0 Å². The van der Waals surface area contributed by atoms with E-state index in [1.165, 1.54) is 44.5 Å². The summed E-state index contributed by atoms with van der Waals surface area (Å²) in [6, 6.07) is 49.6. The molecule has 39 heavy (non-hydrogen) atoms. The first-order valence-electron chi connectivity index (χ1n) is 13.4. The molecular weight excluding hydrogens is 470 g/mol. The van der Waals surface area contributed by atoms with Gasteiger partial charge < -0.3 is 5.32 Å². The van der Waals surface area contributed by atoms with E-state index in [4.69, 9.17) is 0 Å². The van der Waals surface area contributed by atoms with Gasteiger partial charge in [0.2, 0.25) is 0 Å². The van der Waals surface area contributed by atoms with E-state index >= 15 is 0 Å². The highest BCUT2D eigenvalue weighted by Crippen LogP contribution is 2.56. The standard InChI is InChI=1S/C38H31N/c1-3-34-37(36(4-2)39-32-26-24-29(25-27-32)28-16-8-5-9-17-28)33-22-14-15-23-35(33)38(34,30-18-10-6-11-19-30)31-20-12-7-13-21-31/h3-27,39H,1H2,2H3/b36-4+. The largest absolute Gasteiger partial charge is 0.355 e. The van der Waals surface area contributed by atoms with Crippen molar-refractivity contribution >= 4 is 11.3 Å². The molecule has 1 nitrogen and oxygen atoms in total. The summed E-state index contributed by atoms with van der Waals surface area (Å²) in [6.45, 7) is 6.48. The van der Waals surface area contributed by atoms with E-state index in [0.29, 0.717) is 0 Å².